The van der Waals surface area contributed by atoms with Crippen molar-refractivity contribution in [2.24, 2.45) is 0 Å². The van der Waals surface area contributed by atoms with Crippen LogP contribution in [0.3, 0.4) is 0 Å². The van der Waals surface area contributed by atoms with Crippen LogP contribution in [0.25, 0.3) is 0 Å². The average molecular weight is 342 g/mol. The van der Waals surface area contributed by atoms with Gasteiger partial charge in [-0.25, -0.2) is 0 Å². The number of carbonyl (C=O) groups is 1. The number of aldehydes is 1. The maximum absolute atomic E-state index is 10.3. The van der Waals surface area contributed by atoms with Gasteiger partial charge >= 0.3 is 0 Å². The Bertz CT molecular complexity index is 378. The molecule has 1 heterocycles. The maximum atomic E-state index is 10.3. The molecule has 2 unspecified atom stereocenters. The molecule has 136 valence electrons. The van der Waals surface area contributed by atoms with Gasteiger partial charge in [-0.3, -0.25) is 0 Å². The van der Waals surface area contributed by atoms with Crippen LogP contribution in [0.15, 0.2) is 0 Å². The van der Waals surface area contributed by atoms with Crippen molar-refractivity contribution in [1.29, 1.82) is 0 Å². The number of ether oxygens (including phenoxy) is 1. The molecular formula is C12H22O11. The van der Waals surface area contributed by atoms with E-state index in [0.717, 1.165) is 0 Å². The molecule has 0 radical (unpaired) electrons. The molecule has 0 spiro atoms. The van der Waals surface area contributed by atoms with Crippen LogP contribution in [0.2, 0.25) is 0 Å². The van der Waals surface area contributed by atoms with Crippen molar-refractivity contribution in [3.63, 3.8) is 0 Å². The summed E-state index contributed by atoms with van der Waals surface area (Å²) >= 11 is 0. The third-order valence-corrected chi connectivity index (χ3v) is 3.80. The normalized spacial score (nSPS) is 38.4. The van der Waals surface area contributed by atoms with Gasteiger partial charge in [-0.05, 0) is 0 Å². The van der Waals surface area contributed by atoms with Crippen LogP contribution >= 0.6 is 0 Å². The lowest BCUT2D eigenvalue weighted by atomic mass is 9.88. The smallest absolute Gasteiger partial charge is 0.151 e. The number of aliphatic hydroxyl groups is 9. The van der Waals surface area contributed by atoms with Gasteiger partial charge < -0.3 is 55.5 Å². The van der Waals surface area contributed by atoms with E-state index in [4.69, 9.17) is 14.9 Å². The van der Waals surface area contributed by atoms with Gasteiger partial charge in [-0.1, -0.05) is 0 Å². The first-order valence-electron chi connectivity index (χ1n) is 6.83. The van der Waals surface area contributed by atoms with Crippen molar-refractivity contribution in [3.05, 3.63) is 0 Å². The molecule has 0 bridgehead atoms. The SMILES string of the molecule is O=C[C@H](O)[C@@H](O)[C@H](O)[C@H](O)C(O)C1O[C@H](CO)[C@@H](O)[C@H](O)[C@H]1O. The Morgan fingerprint density at radius 2 is 1.43 bits per heavy atom. The summed E-state index contributed by atoms with van der Waals surface area (Å²) < 4.78 is 4.99. The first-order valence-corrected chi connectivity index (χ1v) is 6.83. The molecule has 0 aromatic carbocycles. The van der Waals surface area contributed by atoms with Crippen molar-refractivity contribution in [2.45, 2.75) is 61.0 Å². The van der Waals surface area contributed by atoms with E-state index in [2.05, 4.69) is 0 Å². The maximum Gasteiger partial charge on any atom is 0.151 e. The van der Waals surface area contributed by atoms with Gasteiger partial charge in [0.25, 0.3) is 0 Å². The van der Waals surface area contributed by atoms with Gasteiger partial charge in [-0.2, -0.15) is 0 Å². The lowest BCUT2D eigenvalue weighted by molar-refractivity contribution is -0.264. The number of hydrogen-bond acceptors (Lipinski definition) is 11. The van der Waals surface area contributed by atoms with Crippen LogP contribution in [-0.4, -0.2) is 120 Å². The van der Waals surface area contributed by atoms with E-state index in [-0.39, 0.29) is 6.29 Å². The zero-order chi connectivity index (χ0) is 17.9. The van der Waals surface area contributed by atoms with Crippen LogP contribution < -0.4 is 0 Å². The van der Waals surface area contributed by atoms with Gasteiger partial charge in [0.1, 0.15) is 61.0 Å². The Balaban J connectivity index is 2.85. The molecule has 23 heavy (non-hydrogen) atoms. The Kier molecular flexibility index (Phi) is 7.41. The molecule has 1 fully saturated rings. The molecule has 1 saturated heterocycles. The molecule has 0 aliphatic carbocycles. The fourth-order valence-electron chi connectivity index (χ4n) is 2.29. The molecule has 9 N–H and O–H groups in total. The number of carbonyl (C=O) groups excluding carboxylic acids is 1. The van der Waals surface area contributed by atoms with Crippen molar-refractivity contribution in [3.8, 4) is 0 Å². The predicted octanol–water partition coefficient (Wildman–Crippen LogP) is -6.17. The number of rotatable bonds is 7. The molecule has 1 rings (SSSR count). The average Bonchev–Trinajstić information content (AvgIpc) is 2.56. The van der Waals surface area contributed by atoms with E-state index in [9.17, 15) is 40.5 Å². The summed E-state index contributed by atoms with van der Waals surface area (Å²) in [7, 11) is 0. The van der Waals surface area contributed by atoms with E-state index in [0.29, 0.717) is 0 Å². The minimum absolute atomic E-state index is 0.0964. The molecule has 0 saturated carbocycles. The van der Waals surface area contributed by atoms with Crippen molar-refractivity contribution < 1.29 is 55.5 Å². The summed E-state index contributed by atoms with van der Waals surface area (Å²) in [5.41, 5.74) is 0. The summed E-state index contributed by atoms with van der Waals surface area (Å²) in [6.45, 7) is -0.765. The molecule has 11 heteroatoms. The molecule has 0 aromatic rings. The number of hydrogen-bond donors (Lipinski definition) is 9. The third-order valence-electron chi connectivity index (χ3n) is 3.80. The lowest BCUT2D eigenvalue weighted by Gasteiger charge is -2.43. The van der Waals surface area contributed by atoms with E-state index in [1.54, 1.807) is 0 Å². The molecule has 11 nitrogen and oxygen atoms in total. The highest BCUT2D eigenvalue weighted by Crippen LogP contribution is 2.25. The van der Waals surface area contributed by atoms with Crippen LogP contribution in [0.4, 0.5) is 0 Å². The fraction of sp³-hybridized carbons (Fsp3) is 0.917. The highest BCUT2D eigenvalue weighted by molar-refractivity contribution is 5.56. The van der Waals surface area contributed by atoms with Crippen LogP contribution in [0.5, 0.6) is 0 Å². The van der Waals surface area contributed by atoms with Gasteiger partial charge in [0.2, 0.25) is 0 Å². The largest absolute Gasteiger partial charge is 0.394 e. The first-order chi connectivity index (χ1) is 10.7. The quantitative estimate of drug-likeness (QED) is 0.199. The van der Waals surface area contributed by atoms with Gasteiger partial charge in [0.05, 0.1) is 6.61 Å². The topological polar surface area (TPSA) is 208 Å². The van der Waals surface area contributed by atoms with E-state index in [1.165, 1.54) is 0 Å². The van der Waals surface area contributed by atoms with Crippen LogP contribution in [0.1, 0.15) is 0 Å². The van der Waals surface area contributed by atoms with E-state index in [1.807, 2.05) is 0 Å². The lowest BCUT2D eigenvalue weighted by Crippen LogP contribution is -2.64. The predicted molar refractivity (Wildman–Crippen MR) is 69.9 cm³/mol. The summed E-state index contributed by atoms with van der Waals surface area (Å²) in [6.07, 6.45) is -19.1. The minimum Gasteiger partial charge on any atom is -0.394 e. The third kappa shape index (κ3) is 4.22. The molecule has 1 aliphatic heterocycles. The Labute approximate surface area is 130 Å². The van der Waals surface area contributed by atoms with Gasteiger partial charge in [0, 0.05) is 0 Å². The Morgan fingerprint density at radius 3 is 1.91 bits per heavy atom. The van der Waals surface area contributed by atoms with Crippen LogP contribution in [-0.2, 0) is 9.53 Å². The zero-order valence-electron chi connectivity index (χ0n) is 11.9. The second-order valence-corrected chi connectivity index (χ2v) is 5.38. The molecular weight excluding hydrogens is 320 g/mol. The summed E-state index contributed by atoms with van der Waals surface area (Å²) in [5, 5.41) is 85.9. The Morgan fingerprint density at radius 1 is 0.870 bits per heavy atom. The van der Waals surface area contributed by atoms with Crippen molar-refractivity contribution in [1.82, 2.24) is 0 Å². The Hall–Kier alpha value is -0.730. The second kappa shape index (κ2) is 8.39. The zero-order valence-corrected chi connectivity index (χ0v) is 11.9. The van der Waals surface area contributed by atoms with Crippen molar-refractivity contribution >= 4 is 6.29 Å². The molecule has 0 aromatic heterocycles. The summed E-state index contributed by atoms with van der Waals surface area (Å²) in [6, 6.07) is 0. The molecule has 0 amide bonds. The standard InChI is InChI=1S/C12H22O11/c13-1-3(15)5(16)7(18)9(20)11(22)12-10(21)8(19)6(17)4(2-14)23-12/h1,3-12,14-22H,2H2/t3-,4+,5+,6+,7-,8-,9-,10+,11?,12?/m0/s1. The minimum atomic E-state index is -2.18. The van der Waals surface area contributed by atoms with Crippen molar-refractivity contribution in [2.75, 3.05) is 6.61 Å². The highest BCUT2D eigenvalue weighted by Gasteiger charge is 2.49. The van der Waals surface area contributed by atoms with Gasteiger partial charge in [-0.15, -0.1) is 0 Å². The monoisotopic (exact) mass is 342 g/mol. The second-order valence-electron chi connectivity index (χ2n) is 5.38. The highest BCUT2D eigenvalue weighted by atomic mass is 16.6. The summed E-state index contributed by atoms with van der Waals surface area (Å²) in [5.74, 6) is 0. The summed E-state index contributed by atoms with van der Waals surface area (Å²) in [4.78, 5) is 10.3. The van der Waals surface area contributed by atoms with E-state index >= 15 is 0 Å². The number of aliphatic hydroxyl groups excluding tert-OH is 9. The first kappa shape index (κ1) is 20.3. The van der Waals surface area contributed by atoms with E-state index < -0.39 is 67.6 Å². The van der Waals surface area contributed by atoms with Gasteiger partial charge in [0.15, 0.2) is 6.29 Å². The molecule has 10 atom stereocenters. The fourth-order valence-corrected chi connectivity index (χ4v) is 2.29. The molecule has 1 aliphatic rings. The van der Waals surface area contributed by atoms with Crippen LogP contribution in [0, 0.1) is 0 Å².